The molecule has 6 heteroatoms. The van der Waals surface area contributed by atoms with E-state index in [0.717, 1.165) is 44.6 Å². The molecule has 24 heavy (non-hydrogen) atoms. The highest BCUT2D eigenvalue weighted by molar-refractivity contribution is 5.85. The summed E-state index contributed by atoms with van der Waals surface area (Å²) in [6.45, 7) is 8.13. The average Bonchev–Trinajstić information content (AvgIpc) is 2.80. The maximum absolute atomic E-state index is 13.0. The van der Waals surface area contributed by atoms with E-state index in [1.165, 1.54) is 12.1 Å². The first-order valence-corrected chi connectivity index (χ1v) is 8.52. The van der Waals surface area contributed by atoms with Gasteiger partial charge in [0.25, 0.3) is 0 Å². The molecule has 1 amide bonds. The minimum Gasteiger partial charge on any atom is -0.340 e. The van der Waals surface area contributed by atoms with Crippen molar-refractivity contribution in [2.45, 2.75) is 39.3 Å². The van der Waals surface area contributed by atoms with Gasteiger partial charge in [-0.1, -0.05) is 32.4 Å². The Balaban J connectivity index is 0.00000288. The minimum absolute atomic E-state index is 0. The quantitative estimate of drug-likeness (QED) is 0.881. The third-order valence-electron chi connectivity index (χ3n) is 4.76. The topological polar surface area (TPSA) is 49.6 Å². The first-order valence-electron chi connectivity index (χ1n) is 8.52. The number of amides is 1. The van der Waals surface area contributed by atoms with Gasteiger partial charge in [-0.25, -0.2) is 4.39 Å². The van der Waals surface area contributed by atoms with E-state index in [0.29, 0.717) is 6.54 Å². The predicted octanol–water partition coefficient (Wildman–Crippen LogP) is 2.66. The van der Waals surface area contributed by atoms with Crippen LogP contribution in [0, 0.1) is 11.7 Å². The van der Waals surface area contributed by atoms with Gasteiger partial charge < -0.3 is 10.6 Å². The SMILES string of the molecule is CCC(C)C(N)C(=O)N1CCCN(Cc2ccc(F)cc2)CC1.Cl. The third-order valence-corrected chi connectivity index (χ3v) is 4.76. The molecule has 1 aromatic carbocycles. The standard InChI is InChI=1S/C18H28FN3O.ClH/c1-3-14(2)17(20)18(23)22-10-4-9-21(11-12-22)13-15-5-7-16(19)8-6-15;/h5-8,14,17H,3-4,9-13,20H2,1-2H3;1H. The second-order valence-electron chi connectivity index (χ2n) is 6.49. The highest BCUT2D eigenvalue weighted by Gasteiger charge is 2.26. The molecule has 0 radical (unpaired) electrons. The lowest BCUT2D eigenvalue weighted by Crippen LogP contribution is -2.48. The zero-order valence-corrected chi connectivity index (χ0v) is 15.4. The summed E-state index contributed by atoms with van der Waals surface area (Å²) in [6.07, 6.45) is 1.86. The monoisotopic (exact) mass is 357 g/mol. The van der Waals surface area contributed by atoms with E-state index in [4.69, 9.17) is 5.73 Å². The van der Waals surface area contributed by atoms with Crippen LogP contribution in [0.1, 0.15) is 32.3 Å². The molecule has 1 aliphatic heterocycles. The van der Waals surface area contributed by atoms with Gasteiger partial charge in [0.2, 0.25) is 5.91 Å². The van der Waals surface area contributed by atoms with Gasteiger partial charge in [-0.3, -0.25) is 9.69 Å². The zero-order valence-electron chi connectivity index (χ0n) is 14.6. The molecule has 4 nitrogen and oxygen atoms in total. The Kier molecular flexibility index (Phi) is 8.67. The Morgan fingerprint density at radius 2 is 1.88 bits per heavy atom. The van der Waals surface area contributed by atoms with E-state index < -0.39 is 6.04 Å². The van der Waals surface area contributed by atoms with Crippen LogP contribution in [-0.4, -0.2) is 47.9 Å². The molecule has 2 unspecified atom stereocenters. The molecule has 2 atom stereocenters. The summed E-state index contributed by atoms with van der Waals surface area (Å²) in [4.78, 5) is 16.7. The molecule has 2 rings (SSSR count). The number of halogens is 2. The summed E-state index contributed by atoms with van der Waals surface area (Å²) >= 11 is 0. The molecular weight excluding hydrogens is 329 g/mol. The fourth-order valence-electron chi connectivity index (χ4n) is 2.91. The first-order chi connectivity index (χ1) is 11.0. The van der Waals surface area contributed by atoms with E-state index in [2.05, 4.69) is 11.8 Å². The van der Waals surface area contributed by atoms with Crippen LogP contribution >= 0.6 is 12.4 Å². The number of hydrogen-bond donors (Lipinski definition) is 1. The van der Waals surface area contributed by atoms with Crippen LogP contribution in [0.3, 0.4) is 0 Å². The third kappa shape index (κ3) is 5.72. The fraction of sp³-hybridized carbons (Fsp3) is 0.611. The van der Waals surface area contributed by atoms with E-state index in [-0.39, 0.29) is 30.0 Å². The van der Waals surface area contributed by atoms with Crippen LogP contribution in [0.5, 0.6) is 0 Å². The number of hydrogen-bond acceptors (Lipinski definition) is 3. The largest absolute Gasteiger partial charge is 0.340 e. The Labute approximate surface area is 150 Å². The summed E-state index contributed by atoms with van der Waals surface area (Å²) < 4.78 is 13.0. The van der Waals surface area contributed by atoms with Gasteiger partial charge in [0.15, 0.2) is 0 Å². The number of nitrogens with zero attached hydrogens (tertiary/aromatic N) is 2. The molecule has 0 aromatic heterocycles. The van der Waals surface area contributed by atoms with Gasteiger partial charge in [-0.15, -0.1) is 12.4 Å². The Hall–Kier alpha value is -1.17. The summed E-state index contributed by atoms with van der Waals surface area (Å²) in [6, 6.07) is 6.23. The highest BCUT2D eigenvalue weighted by atomic mass is 35.5. The summed E-state index contributed by atoms with van der Waals surface area (Å²) in [5.41, 5.74) is 7.18. The fourth-order valence-corrected chi connectivity index (χ4v) is 2.91. The lowest BCUT2D eigenvalue weighted by atomic mass is 9.99. The van der Waals surface area contributed by atoms with Crippen LogP contribution in [0.2, 0.25) is 0 Å². The van der Waals surface area contributed by atoms with Crippen molar-refractivity contribution in [2.75, 3.05) is 26.2 Å². The van der Waals surface area contributed by atoms with Crippen LogP contribution in [-0.2, 0) is 11.3 Å². The molecule has 0 spiro atoms. The average molecular weight is 358 g/mol. The van der Waals surface area contributed by atoms with Gasteiger partial charge in [0.1, 0.15) is 5.82 Å². The highest BCUT2D eigenvalue weighted by Crippen LogP contribution is 2.13. The van der Waals surface area contributed by atoms with Crippen molar-refractivity contribution in [3.63, 3.8) is 0 Å². The van der Waals surface area contributed by atoms with Crippen LogP contribution in [0.15, 0.2) is 24.3 Å². The number of benzene rings is 1. The van der Waals surface area contributed by atoms with Gasteiger partial charge in [0.05, 0.1) is 6.04 Å². The second-order valence-corrected chi connectivity index (χ2v) is 6.49. The van der Waals surface area contributed by atoms with Crippen LogP contribution in [0.4, 0.5) is 4.39 Å². The minimum atomic E-state index is -0.399. The normalized spacial score (nSPS) is 18.4. The van der Waals surface area contributed by atoms with Crippen molar-refractivity contribution in [2.24, 2.45) is 11.7 Å². The molecule has 0 bridgehead atoms. The van der Waals surface area contributed by atoms with Gasteiger partial charge in [-0.05, 0) is 30.0 Å². The molecule has 0 saturated carbocycles. The van der Waals surface area contributed by atoms with E-state index in [1.54, 1.807) is 0 Å². The van der Waals surface area contributed by atoms with Crippen LogP contribution < -0.4 is 5.73 Å². The van der Waals surface area contributed by atoms with E-state index >= 15 is 0 Å². The molecule has 1 aliphatic rings. The number of carbonyl (C=O) groups is 1. The van der Waals surface area contributed by atoms with Crippen molar-refractivity contribution in [1.29, 1.82) is 0 Å². The molecule has 1 aromatic rings. The lowest BCUT2D eigenvalue weighted by molar-refractivity contribution is -0.133. The van der Waals surface area contributed by atoms with Crippen molar-refractivity contribution < 1.29 is 9.18 Å². The Morgan fingerprint density at radius 1 is 1.21 bits per heavy atom. The molecular formula is C18H29ClFN3O. The molecule has 136 valence electrons. The Bertz CT molecular complexity index is 511. The van der Waals surface area contributed by atoms with Gasteiger partial charge >= 0.3 is 0 Å². The molecule has 1 fully saturated rings. The maximum Gasteiger partial charge on any atom is 0.239 e. The number of carbonyl (C=O) groups excluding carboxylic acids is 1. The van der Waals surface area contributed by atoms with Crippen LogP contribution in [0.25, 0.3) is 0 Å². The van der Waals surface area contributed by atoms with E-state index in [1.807, 2.05) is 24.0 Å². The summed E-state index contributed by atoms with van der Waals surface area (Å²) in [5.74, 6) is 0.0736. The molecule has 2 N–H and O–H groups in total. The zero-order chi connectivity index (χ0) is 16.8. The first kappa shape index (κ1) is 20.9. The number of rotatable bonds is 5. The molecule has 1 saturated heterocycles. The van der Waals surface area contributed by atoms with E-state index in [9.17, 15) is 9.18 Å². The smallest absolute Gasteiger partial charge is 0.239 e. The van der Waals surface area contributed by atoms with Gasteiger partial charge in [-0.2, -0.15) is 0 Å². The predicted molar refractivity (Wildman–Crippen MR) is 97.6 cm³/mol. The molecule has 0 aliphatic carbocycles. The van der Waals surface area contributed by atoms with Crippen molar-refractivity contribution in [1.82, 2.24) is 9.80 Å². The maximum atomic E-state index is 13.0. The number of nitrogens with two attached hydrogens (primary N) is 1. The lowest BCUT2D eigenvalue weighted by Gasteiger charge is -2.27. The van der Waals surface area contributed by atoms with Gasteiger partial charge in [0, 0.05) is 32.7 Å². The summed E-state index contributed by atoms with van der Waals surface area (Å²) in [7, 11) is 0. The van der Waals surface area contributed by atoms with Crippen molar-refractivity contribution >= 4 is 18.3 Å². The van der Waals surface area contributed by atoms with Crippen molar-refractivity contribution in [3.05, 3.63) is 35.6 Å². The Morgan fingerprint density at radius 3 is 2.50 bits per heavy atom. The van der Waals surface area contributed by atoms with Crippen molar-refractivity contribution in [3.8, 4) is 0 Å². The summed E-state index contributed by atoms with van der Waals surface area (Å²) in [5, 5.41) is 0. The second kappa shape index (κ2) is 9.97. The molecule has 1 heterocycles.